The Hall–Kier alpha value is -0.380. The summed E-state index contributed by atoms with van der Waals surface area (Å²) >= 11 is 0. The van der Waals surface area contributed by atoms with Gasteiger partial charge < -0.3 is 24.0 Å². The van der Waals surface area contributed by atoms with Gasteiger partial charge in [-0.25, -0.2) is 0 Å². The standard InChI is InChI=1S/C10H14N.HI/c1-3-10(4-2)11-8-6-5-7-9-11;/h3,5-10H,1,4H2,2H3;1H/q+1;/p-1. The lowest BCUT2D eigenvalue weighted by atomic mass is 10.2. The first-order valence-electron chi connectivity index (χ1n) is 3.96. The van der Waals surface area contributed by atoms with Gasteiger partial charge in [-0.3, -0.25) is 0 Å². The van der Waals surface area contributed by atoms with Crippen LogP contribution in [-0.4, -0.2) is 0 Å². The van der Waals surface area contributed by atoms with Gasteiger partial charge in [-0.1, -0.05) is 19.6 Å². The van der Waals surface area contributed by atoms with Crippen LogP contribution in [0, 0.1) is 0 Å². The zero-order chi connectivity index (χ0) is 8.10. The average Bonchev–Trinajstić information content (AvgIpc) is 2.09. The van der Waals surface area contributed by atoms with Gasteiger partial charge in [0.1, 0.15) is 0 Å². The Labute approximate surface area is 91.1 Å². The quantitative estimate of drug-likeness (QED) is 0.383. The van der Waals surface area contributed by atoms with Crippen LogP contribution in [0.2, 0.25) is 0 Å². The maximum absolute atomic E-state index is 3.79. The summed E-state index contributed by atoms with van der Waals surface area (Å²) in [5, 5.41) is 0. The van der Waals surface area contributed by atoms with E-state index >= 15 is 0 Å². The summed E-state index contributed by atoms with van der Waals surface area (Å²) in [6, 6.07) is 6.53. The van der Waals surface area contributed by atoms with Crippen molar-refractivity contribution in [3.8, 4) is 0 Å². The van der Waals surface area contributed by atoms with E-state index in [0.717, 1.165) is 6.42 Å². The third-order valence-electron chi connectivity index (χ3n) is 1.81. The molecule has 0 fully saturated rings. The summed E-state index contributed by atoms with van der Waals surface area (Å²) in [7, 11) is 0. The minimum atomic E-state index is 0. The molecule has 1 atom stereocenters. The van der Waals surface area contributed by atoms with E-state index in [1.165, 1.54) is 0 Å². The van der Waals surface area contributed by atoms with E-state index in [9.17, 15) is 0 Å². The molecule has 0 aliphatic carbocycles. The lowest BCUT2D eigenvalue weighted by molar-refractivity contribution is -0.712. The summed E-state index contributed by atoms with van der Waals surface area (Å²) in [4.78, 5) is 0. The number of hydrogen-bond donors (Lipinski definition) is 0. The van der Waals surface area contributed by atoms with Crippen LogP contribution in [0.1, 0.15) is 19.4 Å². The van der Waals surface area contributed by atoms with Crippen LogP contribution in [0.5, 0.6) is 0 Å². The molecule has 66 valence electrons. The number of hydrogen-bond acceptors (Lipinski definition) is 0. The predicted molar refractivity (Wildman–Crippen MR) is 46.2 cm³/mol. The first-order valence-corrected chi connectivity index (χ1v) is 3.96. The third kappa shape index (κ3) is 2.93. The van der Waals surface area contributed by atoms with Crippen LogP contribution < -0.4 is 28.5 Å². The van der Waals surface area contributed by atoms with Crippen LogP contribution in [-0.2, 0) is 0 Å². The van der Waals surface area contributed by atoms with Gasteiger partial charge in [0.2, 0.25) is 0 Å². The molecule has 0 bridgehead atoms. The number of nitrogens with zero attached hydrogens (tertiary/aromatic N) is 1. The third-order valence-corrected chi connectivity index (χ3v) is 1.81. The second kappa shape index (κ2) is 6.17. The molecular formula is C10H14IN. The van der Waals surface area contributed by atoms with Gasteiger partial charge in [0.05, 0.1) is 0 Å². The fourth-order valence-corrected chi connectivity index (χ4v) is 1.13. The van der Waals surface area contributed by atoms with Gasteiger partial charge in [-0.2, -0.15) is 4.57 Å². The Morgan fingerprint density at radius 2 is 1.92 bits per heavy atom. The Kier molecular flexibility index (Phi) is 5.98. The van der Waals surface area contributed by atoms with E-state index in [1.807, 2.05) is 24.3 Å². The molecule has 1 heterocycles. The average molecular weight is 275 g/mol. The van der Waals surface area contributed by atoms with E-state index in [2.05, 4.69) is 30.5 Å². The lowest BCUT2D eigenvalue weighted by Gasteiger charge is -2.02. The van der Waals surface area contributed by atoms with E-state index in [4.69, 9.17) is 0 Å². The largest absolute Gasteiger partial charge is 1.00 e. The van der Waals surface area contributed by atoms with E-state index in [1.54, 1.807) is 0 Å². The zero-order valence-electron chi connectivity index (χ0n) is 7.28. The van der Waals surface area contributed by atoms with Gasteiger partial charge in [0.15, 0.2) is 18.4 Å². The highest BCUT2D eigenvalue weighted by molar-refractivity contribution is 4.85. The van der Waals surface area contributed by atoms with Crippen LogP contribution in [0.15, 0.2) is 43.2 Å². The van der Waals surface area contributed by atoms with E-state index in [0.29, 0.717) is 6.04 Å². The molecule has 2 heteroatoms. The molecule has 1 unspecified atom stereocenters. The normalized spacial score (nSPS) is 11.4. The maximum Gasteiger partial charge on any atom is 0.176 e. The second-order valence-corrected chi connectivity index (χ2v) is 2.53. The molecule has 1 rings (SSSR count). The molecule has 0 amide bonds. The molecular weight excluding hydrogens is 261 g/mol. The number of rotatable bonds is 3. The van der Waals surface area contributed by atoms with Crippen molar-refractivity contribution < 1.29 is 28.5 Å². The Morgan fingerprint density at radius 1 is 1.33 bits per heavy atom. The minimum Gasteiger partial charge on any atom is -1.00 e. The van der Waals surface area contributed by atoms with Crippen molar-refractivity contribution in [2.75, 3.05) is 0 Å². The van der Waals surface area contributed by atoms with Gasteiger partial charge in [-0.15, -0.1) is 0 Å². The number of aromatic nitrogens is 1. The smallest absolute Gasteiger partial charge is 0.176 e. The SMILES string of the molecule is C=CC(CC)[n+]1ccccc1.[I-]. The topological polar surface area (TPSA) is 3.88 Å². The molecule has 0 spiro atoms. The Bertz CT molecular complexity index is 221. The van der Waals surface area contributed by atoms with Gasteiger partial charge >= 0.3 is 0 Å². The van der Waals surface area contributed by atoms with Crippen molar-refractivity contribution in [1.29, 1.82) is 0 Å². The first-order chi connectivity index (χ1) is 5.38. The zero-order valence-corrected chi connectivity index (χ0v) is 9.44. The maximum atomic E-state index is 3.79. The van der Waals surface area contributed by atoms with Crippen LogP contribution >= 0.6 is 0 Å². The molecule has 0 saturated heterocycles. The highest BCUT2D eigenvalue weighted by Gasteiger charge is 2.08. The van der Waals surface area contributed by atoms with Gasteiger partial charge in [-0.05, 0) is 6.08 Å². The van der Waals surface area contributed by atoms with Crippen molar-refractivity contribution in [1.82, 2.24) is 0 Å². The number of pyridine rings is 1. The molecule has 0 N–H and O–H groups in total. The number of allylic oxidation sites excluding steroid dienone is 1. The van der Waals surface area contributed by atoms with Crippen molar-refractivity contribution >= 4 is 0 Å². The number of halogens is 1. The molecule has 1 aromatic heterocycles. The minimum absolute atomic E-state index is 0. The first kappa shape index (κ1) is 11.6. The molecule has 12 heavy (non-hydrogen) atoms. The fraction of sp³-hybridized carbons (Fsp3) is 0.300. The molecule has 1 aromatic rings. The molecule has 0 radical (unpaired) electrons. The summed E-state index contributed by atoms with van der Waals surface area (Å²) in [5.74, 6) is 0. The van der Waals surface area contributed by atoms with Gasteiger partial charge in [0.25, 0.3) is 0 Å². The highest BCUT2D eigenvalue weighted by Crippen LogP contribution is 2.01. The fourth-order valence-electron chi connectivity index (χ4n) is 1.13. The summed E-state index contributed by atoms with van der Waals surface area (Å²) in [6.07, 6.45) is 7.20. The molecule has 0 saturated carbocycles. The van der Waals surface area contributed by atoms with Crippen LogP contribution in [0.3, 0.4) is 0 Å². The van der Waals surface area contributed by atoms with Crippen molar-refractivity contribution in [2.45, 2.75) is 19.4 Å². The molecule has 0 aliphatic heterocycles. The van der Waals surface area contributed by atoms with Crippen molar-refractivity contribution in [2.24, 2.45) is 0 Å². The van der Waals surface area contributed by atoms with Crippen molar-refractivity contribution in [3.05, 3.63) is 43.2 Å². The summed E-state index contributed by atoms with van der Waals surface area (Å²) < 4.78 is 2.16. The van der Waals surface area contributed by atoms with E-state index < -0.39 is 0 Å². The van der Waals surface area contributed by atoms with Crippen molar-refractivity contribution in [3.63, 3.8) is 0 Å². The highest BCUT2D eigenvalue weighted by atomic mass is 127. The molecule has 0 aromatic carbocycles. The monoisotopic (exact) mass is 275 g/mol. The summed E-state index contributed by atoms with van der Waals surface area (Å²) in [6.45, 7) is 5.95. The Balaban J connectivity index is 0.00000121. The van der Waals surface area contributed by atoms with Gasteiger partial charge in [0, 0.05) is 18.6 Å². The van der Waals surface area contributed by atoms with Crippen LogP contribution in [0.25, 0.3) is 0 Å². The Morgan fingerprint density at radius 3 is 2.33 bits per heavy atom. The second-order valence-electron chi connectivity index (χ2n) is 2.53. The summed E-state index contributed by atoms with van der Waals surface area (Å²) in [5.41, 5.74) is 0. The lowest BCUT2D eigenvalue weighted by Crippen LogP contribution is -3.00. The predicted octanol–water partition coefficient (Wildman–Crippen LogP) is -0.885. The van der Waals surface area contributed by atoms with E-state index in [-0.39, 0.29) is 24.0 Å². The molecule has 1 nitrogen and oxygen atoms in total. The molecule has 0 aliphatic rings. The van der Waals surface area contributed by atoms with Crippen LogP contribution in [0.4, 0.5) is 0 Å².